The Bertz CT molecular complexity index is 749. The molecule has 7 heteroatoms. The molecule has 0 aliphatic rings. The molecular formula is C29H45NaO6. The summed E-state index contributed by atoms with van der Waals surface area (Å²) in [5, 5.41) is 11.3. The molecule has 0 fully saturated rings. The first-order valence-electron chi connectivity index (χ1n) is 13.7. The molecule has 0 saturated heterocycles. The Morgan fingerprint density at radius 3 is 1.42 bits per heavy atom. The molecule has 0 heterocycles. The summed E-state index contributed by atoms with van der Waals surface area (Å²) < 4.78 is 10.7. The van der Waals surface area contributed by atoms with Crippen molar-refractivity contribution in [1.29, 1.82) is 0 Å². The van der Waals surface area contributed by atoms with E-state index in [9.17, 15) is 19.5 Å². The number of hydrogen-bond donors (Lipinski definition) is 0. The van der Waals surface area contributed by atoms with E-state index >= 15 is 0 Å². The van der Waals surface area contributed by atoms with Gasteiger partial charge in [0.05, 0.1) is 30.3 Å². The fraction of sp³-hybridized carbons (Fsp3) is 0.690. The van der Waals surface area contributed by atoms with Crippen LogP contribution in [0, 0.1) is 0 Å². The van der Waals surface area contributed by atoms with Crippen LogP contribution in [0.15, 0.2) is 18.2 Å². The summed E-state index contributed by atoms with van der Waals surface area (Å²) in [4.78, 5) is 36.5. The number of hydrogen-bond acceptors (Lipinski definition) is 6. The number of unbranched alkanes of at least 4 members (excludes halogenated alkanes) is 14. The normalized spacial score (nSPS) is 10.5. The molecule has 0 spiro atoms. The second-order valence-electron chi connectivity index (χ2n) is 9.27. The van der Waals surface area contributed by atoms with Crippen LogP contribution in [0.25, 0.3) is 0 Å². The van der Waals surface area contributed by atoms with Gasteiger partial charge in [-0.15, -0.1) is 0 Å². The molecule has 1 aromatic carbocycles. The zero-order valence-electron chi connectivity index (χ0n) is 22.9. The first-order valence-corrected chi connectivity index (χ1v) is 13.7. The summed E-state index contributed by atoms with van der Waals surface area (Å²) in [7, 11) is 0. The number of carboxylic acids is 1. The van der Waals surface area contributed by atoms with Crippen molar-refractivity contribution in [2.24, 2.45) is 0 Å². The predicted molar refractivity (Wildman–Crippen MR) is 137 cm³/mol. The van der Waals surface area contributed by atoms with Gasteiger partial charge in [-0.3, -0.25) is 0 Å². The summed E-state index contributed by atoms with van der Waals surface area (Å²) in [6, 6.07) is 3.68. The third-order valence-corrected chi connectivity index (χ3v) is 6.16. The number of ether oxygens (including phenoxy) is 2. The smallest absolute Gasteiger partial charge is 0.545 e. The number of rotatable bonds is 21. The maximum atomic E-state index is 12.6. The van der Waals surface area contributed by atoms with Gasteiger partial charge in [-0.05, 0) is 30.5 Å². The molecule has 0 saturated carbocycles. The molecule has 0 atom stereocenters. The number of esters is 2. The molecule has 1 rings (SSSR count). The largest absolute Gasteiger partial charge is 1.00 e. The number of carbonyl (C=O) groups excluding carboxylic acids is 3. The SMILES string of the molecule is CCCCCCCCCCOC(=O)c1ccc(C(=O)[O-])cc1C(=O)OCCCCCCCCCC.[Na+]. The van der Waals surface area contributed by atoms with Crippen LogP contribution in [0.3, 0.4) is 0 Å². The van der Waals surface area contributed by atoms with Crippen LogP contribution >= 0.6 is 0 Å². The van der Waals surface area contributed by atoms with Gasteiger partial charge in [-0.1, -0.05) is 110 Å². The predicted octanol–water partition coefficient (Wildman–Crippen LogP) is 3.65. The molecule has 0 unspecified atom stereocenters. The van der Waals surface area contributed by atoms with Crippen molar-refractivity contribution in [3.63, 3.8) is 0 Å². The van der Waals surface area contributed by atoms with E-state index < -0.39 is 17.9 Å². The van der Waals surface area contributed by atoms with E-state index in [-0.39, 0.29) is 59.5 Å². The van der Waals surface area contributed by atoms with Crippen molar-refractivity contribution in [1.82, 2.24) is 0 Å². The Morgan fingerprint density at radius 2 is 1.00 bits per heavy atom. The molecule has 0 aromatic heterocycles. The van der Waals surface area contributed by atoms with Crippen LogP contribution < -0.4 is 34.7 Å². The Hall–Kier alpha value is -1.37. The van der Waals surface area contributed by atoms with E-state index in [2.05, 4.69) is 13.8 Å². The first-order chi connectivity index (χ1) is 17.0. The fourth-order valence-electron chi connectivity index (χ4n) is 3.98. The second kappa shape index (κ2) is 22.8. The minimum absolute atomic E-state index is 0. The standard InChI is InChI=1S/C29H46O6.Na/c1-3-5-7-9-11-13-15-17-21-34-28(32)25-20-19-24(27(30)31)23-26(25)29(33)35-22-18-16-14-12-10-8-6-4-2;/h19-20,23H,3-18,21-22H2,1-2H3,(H,30,31);/q;+1/p-1. The number of benzene rings is 1. The fourth-order valence-corrected chi connectivity index (χ4v) is 3.98. The molecule has 0 N–H and O–H groups in total. The van der Waals surface area contributed by atoms with Crippen molar-refractivity contribution in [2.75, 3.05) is 13.2 Å². The Kier molecular flexibility index (Phi) is 21.9. The maximum absolute atomic E-state index is 12.6. The van der Waals surface area contributed by atoms with Gasteiger partial charge in [0.25, 0.3) is 0 Å². The van der Waals surface area contributed by atoms with Crippen LogP contribution in [-0.2, 0) is 9.47 Å². The maximum Gasteiger partial charge on any atom is 1.00 e. The summed E-state index contributed by atoms with van der Waals surface area (Å²) in [5.41, 5.74) is -0.244. The quantitative estimate of drug-likeness (QED) is 0.142. The molecule has 0 amide bonds. The average molecular weight is 513 g/mol. The van der Waals surface area contributed by atoms with Gasteiger partial charge in [0, 0.05) is 0 Å². The number of carbonyl (C=O) groups is 3. The monoisotopic (exact) mass is 512 g/mol. The third kappa shape index (κ3) is 15.7. The van der Waals surface area contributed by atoms with Crippen LogP contribution in [0.1, 0.15) is 148 Å². The summed E-state index contributed by atoms with van der Waals surface area (Å²) >= 11 is 0. The molecule has 1 aromatic rings. The van der Waals surface area contributed by atoms with Gasteiger partial charge in [0.1, 0.15) is 0 Å². The van der Waals surface area contributed by atoms with Gasteiger partial charge < -0.3 is 19.4 Å². The van der Waals surface area contributed by atoms with E-state index in [1.807, 2.05) is 0 Å². The van der Waals surface area contributed by atoms with E-state index in [1.54, 1.807) is 0 Å². The van der Waals surface area contributed by atoms with Gasteiger partial charge in [-0.2, -0.15) is 0 Å². The van der Waals surface area contributed by atoms with E-state index in [4.69, 9.17) is 9.47 Å². The van der Waals surface area contributed by atoms with Crippen LogP contribution in [0.2, 0.25) is 0 Å². The molecule has 0 aliphatic carbocycles. The Morgan fingerprint density at radius 1 is 0.611 bits per heavy atom. The molecule has 198 valence electrons. The van der Waals surface area contributed by atoms with Crippen molar-refractivity contribution in [2.45, 2.75) is 117 Å². The molecular weight excluding hydrogens is 467 g/mol. The second-order valence-corrected chi connectivity index (χ2v) is 9.27. The Balaban J connectivity index is 0.0000122. The first kappa shape index (κ1) is 34.6. The van der Waals surface area contributed by atoms with Crippen molar-refractivity contribution in [3.8, 4) is 0 Å². The van der Waals surface area contributed by atoms with Gasteiger partial charge >= 0.3 is 41.5 Å². The molecule has 0 aliphatic heterocycles. The molecule has 0 radical (unpaired) electrons. The average Bonchev–Trinajstić information content (AvgIpc) is 2.86. The molecule has 36 heavy (non-hydrogen) atoms. The molecule has 6 nitrogen and oxygen atoms in total. The van der Waals surface area contributed by atoms with Crippen LogP contribution in [-0.4, -0.2) is 31.1 Å². The zero-order chi connectivity index (χ0) is 25.7. The zero-order valence-corrected chi connectivity index (χ0v) is 24.9. The summed E-state index contributed by atoms with van der Waals surface area (Å²) in [6.07, 6.45) is 18.0. The van der Waals surface area contributed by atoms with Gasteiger partial charge in [0.2, 0.25) is 0 Å². The number of aromatic carboxylic acids is 1. The Labute approximate surface area is 240 Å². The minimum atomic E-state index is -1.42. The van der Waals surface area contributed by atoms with Crippen molar-refractivity contribution in [3.05, 3.63) is 34.9 Å². The van der Waals surface area contributed by atoms with Crippen LogP contribution in [0.4, 0.5) is 0 Å². The molecule has 0 bridgehead atoms. The van der Waals surface area contributed by atoms with Gasteiger partial charge in [0.15, 0.2) is 0 Å². The topological polar surface area (TPSA) is 92.7 Å². The van der Waals surface area contributed by atoms with Crippen molar-refractivity contribution >= 4 is 17.9 Å². The van der Waals surface area contributed by atoms with Gasteiger partial charge in [-0.25, -0.2) is 9.59 Å². The van der Waals surface area contributed by atoms with E-state index in [0.29, 0.717) is 0 Å². The summed E-state index contributed by atoms with van der Waals surface area (Å²) in [6.45, 7) is 4.89. The summed E-state index contributed by atoms with van der Waals surface area (Å²) in [5.74, 6) is -2.77. The minimum Gasteiger partial charge on any atom is -0.545 e. The van der Waals surface area contributed by atoms with E-state index in [1.165, 1.54) is 76.3 Å². The van der Waals surface area contributed by atoms with E-state index in [0.717, 1.165) is 44.6 Å². The van der Waals surface area contributed by atoms with Crippen LogP contribution in [0.5, 0.6) is 0 Å². The number of carboxylic acid groups (broad SMARTS) is 1. The van der Waals surface area contributed by atoms with Crippen molar-refractivity contribution < 1.29 is 58.5 Å². The third-order valence-electron chi connectivity index (χ3n) is 6.16.